The minimum atomic E-state index is 0. The summed E-state index contributed by atoms with van der Waals surface area (Å²) in [7, 11) is 0. The van der Waals surface area contributed by atoms with E-state index in [2.05, 4.69) is 0 Å². The Bertz CT molecular complexity index is 10.8. The normalized spacial score (nSPS) is 0. The maximum absolute atomic E-state index is 0. The van der Waals surface area contributed by atoms with Crippen LogP contribution in [0.4, 0.5) is 0 Å². The molecule has 0 atom stereocenters. The molecular formula is CoMoO3W. The molecule has 0 spiro atoms. The van der Waals surface area contributed by atoms with Gasteiger partial charge in [-0.15, -0.1) is 0 Å². The Balaban J connectivity index is 0. The zero-order valence-electron chi connectivity index (χ0n) is 2.37. The SMILES string of the molecule is [Co].[Mo].[O-2].[O-2].[O-2].[W+6]. The van der Waals surface area contributed by atoms with Crippen LogP contribution in [0.15, 0.2) is 0 Å². The van der Waals surface area contributed by atoms with E-state index in [1.54, 1.807) is 0 Å². The fraction of sp³-hybridized carbons (Fsp3) is 0. The molecule has 6 heavy (non-hydrogen) atoms. The largest absolute Gasteiger partial charge is 6.00 e. The maximum atomic E-state index is 0. The molecule has 0 N–H and O–H groups in total. The standard InChI is InChI=1S/Co.Mo.3O.W/q;;3*-2;+6. The van der Waals surface area contributed by atoms with Crippen molar-refractivity contribution in [3.05, 3.63) is 0 Å². The molecule has 0 aromatic carbocycles. The van der Waals surface area contributed by atoms with Crippen LogP contribution in [0.5, 0.6) is 0 Å². The molecule has 0 saturated heterocycles. The van der Waals surface area contributed by atoms with Gasteiger partial charge in [-0.05, 0) is 0 Å². The Hall–Kier alpha value is 1.76. The zero-order valence-corrected chi connectivity index (χ0v) is 8.36. The first kappa shape index (κ1) is 114. The summed E-state index contributed by atoms with van der Waals surface area (Å²) in [5.74, 6) is 0. The topological polar surface area (TPSA) is 85.5 Å². The third-order valence-electron chi connectivity index (χ3n) is 0. The fourth-order valence-electron chi connectivity index (χ4n) is 0. The predicted molar refractivity (Wildman–Crippen MR) is 2.06 cm³/mol. The van der Waals surface area contributed by atoms with Crippen LogP contribution in [0.3, 0.4) is 0 Å². The van der Waals surface area contributed by atoms with Gasteiger partial charge in [0.1, 0.15) is 0 Å². The van der Waals surface area contributed by atoms with Crippen molar-refractivity contribution in [2.75, 3.05) is 0 Å². The van der Waals surface area contributed by atoms with Crippen molar-refractivity contribution >= 4 is 0 Å². The zero-order chi connectivity index (χ0) is 0. The van der Waals surface area contributed by atoms with Gasteiger partial charge in [-0.3, -0.25) is 0 Å². The van der Waals surface area contributed by atoms with Crippen molar-refractivity contribution in [2.45, 2.75) is 0 Å². The first-order valence-electron chi connectivity index (χ1n) is 0. The van der Waals surface area contributed by atoms with E-state index in [4.69, 9.17) is 0 Å². The van der Waals surface area contributed by atoms with E-state index in [1.807, 2.05) is 0 Å². The van der Waals surface area contributed by atoms with Gasteiger partial charge in [0.25, 0.3) is 0 Å². The first-order valence-corrected chi connectivity index (χ1v) is 0. The summed E-state index contributed by atoms with van der Waals surface area (Å²) in [6.45, 7) is 0. The van der Waals surface area contributed by atoms with Crippen LogP contribution in [0.2, 0.25) is 0 Å². The van der Waals surface area contributed by atoms with Gasteiger partial charge < -0.3 is 16.4 Å². The van der Waals surface area contributed by atoms with E-state index in [1.165, 1.54) is 0 Å². The van der Waals surface area contributed by atoms with Gasteiger partial charge in [0.05, 0.1) is 0 Å². The van der Waals surface area contributed by atoms with Crippen LogP contribution in [0, 0.1) is 0 Å². The molecule has 0 bridgehead atoms. The van der Waals surface area contributed by atoms with E-state index in [0.717, 1.165) is 0 Å². The average Bonchev–Trinajstić information content (AvgIpc) is 0. The van der Waals surface area contributed by atoms with E-state index >= 15 is 0 Å². The molecule has 0 saturated carbocycles. The molecule has 0 heterocycles. The minimum Gasteiger partial charge on any atom is -2.00 e. The van der Waals surface area contributed by atoms with E-state index in [9.17, 15) is 0 Å². The average molecular weight is 387 g/mol. The second kappa shape index (κ2) is 72.3. The Morgan fingerprint density at radius 1 is 0.667 bits per heavy atom. The second-order valence-corrected chi connectivity index (χ2v) is 0. The molecule has 0 aliphatic rings. The first-order chi connectivity index (χ1) is 0. The Kier molecular flexibility index (Phi) is 1380. The van der Waals surface area contributed by atoms with Crippen LogP contribution in [0.1, 0.15) is 0 Å². The third-order valence-corrected chi connectivity index (χ3v) is 0. The smallest absolute Gasteiger partial charge is 2.00 e. The molecule has 0 aromatic rings. The molecule has 0 amide bonds. The summed E-state index contributed by atoms with van der Waals surface area (Å²) in [6, 6.07) is 0. The quantitative estimate of drug-likeness (QED) is 0.509. The fourth-order valence-corrected chi connectivity index (χ4v) is 0. The molecule has 0 aliphatic heterocycles. The molecule has 0 fully saturated rings. The molecule has 0 rings (SSSR count). The monoisotopic (exact) mass is 389 g/mol. The van der Waals surface area contributed by atoms with Crippen LogP contribution in [-0.4, -0.2) is 0 Å². The van der Waals surface area contributed by atoms with Gasteiger partial charge in [0, 0.05) is 37.8 Å². The van der Waals surface area contributed by atoms with Crippen molar-refractivity contribution in [1.82, 2.24) is 0 Å². The predicted octanol–water partition coefficient (Wildman–Crippen LogP) is -0.364. The molecular weight excluding hydrogens is 387 g/mol. The molecule has 3 nitrogen and oxygen atoms in total. The van der Waals surface area contributed by atoms with E-state index in [-0.39, 0.29) is 75.3 Å². The van der Waals surface area contributed by atoms with Crippen molar-refractivity contribution < 1.29 is 75.3 Å². The second-order valence-electron chi connectivity index (χ2n) is 0. The number of rotatable bonds is 0. The van der Waals surface area contributed by atoms with Gasteiger partial charge >= 0.3 is 21.1 Å². The van der Waals surface area contributed by atoms with Gasteiger partial charge in [0.2, 0.25) is 0 Å². The Morgan fingerprint density at radius 3 is 0.667 bits per heavy atom. The maximum Gasteiger partial charge on any atom is 6.00 e. The van der Waals surface area contributed by atoms with Crippen LogP contribution < -0.4 is 0 Å². The van der Waals surface area contributed by atoms with Crippen molar-refractivity contribution in [1.29, 1.82) is 0 Å². The Labute approximate surface area is 74.9 Å². The van der Waals surface area contributed by atoms with Crippen molar-refractivity contribution in [3.63, 3.8) is 0 Å². The molecule has 0 aliphatic carbocycles. The number of hydrogen-bond acceptors (Lipinski definition) is 0. The molecule has 0 aromatic heterocycles. The van der Waals surface area contributed by atoms with Crippen LogP contribution >= 0.6 is 0 Å². The Morgan fingerprint density at radius 2 is 0.667 bits per heavy atom. The minimum absolute atomic E-state index is 0. The van der Waals surface area contributed by atoms with Gasteiger partial charge in [-0.25, -0.2) is 0 Å². The summed E-state index contributed by atoms with van der Waals surface area (Å²) in [5.41, 5.74) is 0. The van der Waals surface area contributed by atoms with Crippen LogP contribution in [0.25, 0.3) is 0 Å². The summed E-state index contributed by atoms with van der Waals surface area (Å²) < 4.78 is 0. The molecule has 0 unspecified atom stereocenters. The van der Waals surface area contributed by atoms with Gasteiger partial charge in [-0.1, -0.05) is 0 Å². The van der Waals surface area contributed by atoms with Crippen molar-refractivity contribution in [3.8, 4) is 0 Å². The third kappa shape index (κ3) is 42.1. The van der Waals surface area contributed by atoms with E-state index in [0.29, 0.717) is 0 Å². The molecule has 6 heteroatoms. The summed E-state index contributed by atoms with van der Waals surface area (Å²) >= 11 is 0. The van der Waals surface area contributed by atoms with Gasteiger partial charge in [0.15, 0.2) is 0 Å². The molecule has 1 radical (unpaired) electrons. The summed E-state index contributed by atoms with van der Waals surface area (Å²) in [5, 5.41) is 0. The summed E-state index contributed by atoms with van der Waals surface area (Å²) in [6.07, 6.45) is 0. The number of hydrogen-bond donors (Lipinski definition) is 0. The van der Waals surface area contributed by atoms with Gasteiger partial charge in [-0.2, -0.15) is 0 Å². The van der Waals surface area contributed by atoms with Crippen LogP contribution in [-0.2, 0) is 75.3 Å². The van der Waals surface area contributed by atoms with E-state index < -0.39 is 0 Å². The summed E-state index contributed by atoms with van der Waals surface area (Å²) in [4.78, 5) is 0. The molecule has 39 valence electrons. The van der Waals surface area contributed by atoms with Crippen molar-refractivity contribution in [2.24, 2.45) is 0 Å².